The lowest BCUT2D eigenvalue weighted by Gasteiger charge is -2.34. The first-order chi connectivity index (χ1) is 12.6. The van der Waals surface area contributed by atoms with Gasteiger partial charge in [-0.2, -0.15) is 4.31 Å². The molecular formula is C19H28N2O5S. The molecule has 1 heterocycles. The topological polar surface area (TPSA) is 104 Å². The van der Waals surface area contributed by atoms with Gasteiger partial charge in [0.05, 0.1) is 10.5 Å². The normalized spacial score (nSPS) is 16.9. The molecule has 0 radical (unpaired) electrons. The smallest absolute Gasteiger partial charge is 0.337 e. The summed E-state index contributed by atoms with van der Waals surface area (Å²) in [6.45, 7) is 6.46. The second kappa shape index (κ2) is 8.39. The number of benzene rings is 1. The summed E-state index contributed by atoms with van der Waals surface area (Å²) in [6.07, 6.45) is 2.50. The Labute approximate surface area is 160 Å². The third-order valence-corrected chi connectivity index (χ3v) is 7.50. The van der Waals surface area contributed by atoms with E-state index in [1.807, 2.05) is 20.8 Å². The molecule has 1 aliphatic rings. The van der Waals surface area contributed by atoms with Gasteiger partial charge in [0.15, 0.2) is 0 Å². The fourth-order valence-corrected chi connectivity index (χ4v) is 4.85. The van der Waals surface area contributed by atoms with Crippen LogP contribution in [0, 0.1) is 5.92 Å². The highest BCUT2D eigenvalue weighted by atomic mass is 32.2. The first-order valence-corrected chi connectivity index (χ1v) is 10.7. The van der Waals surface area contributed by atoms with Crippen molar-refractivity contribution in [1.29, 1.82) is 0 Å². The Hall–Kier alpha value is -1.93. The second-order valence-corrected chi connectivity index (χ2v) is 9.14. The molecule has 8 heteroatoms. The van der Waals surface area contributed by atoms with Crippen molar-refractivity contribution in [1.82, 2.24) is 9.62 Å². The van der Waals surface area contributed by atoms with E-state index < -0.39 is 16.0 Å². The van der Waals surface area contributed by atoms with Crippen LogP contribution in [0.4, 0.5) is 0 Å². The number of nitrogens with one attached hydrogen (secondary N) is 1. The van der Waals surface area contributed by atoms with Crippen LogP contribution < -0.4 is 5.32 Å². The maximum atomic E-state index is 12.9. The first kappa shape index (κ1) is 21.4. The summed E-state index contributed by atoms with van der Waals surface area (Å²) >= 11 is 0. The van der Waals surface area contributed by atoms with Crippen molar-refractivity contribution in [3.8, 4) is 0 Å². The van der Waals surface area contributed by atoms with Crippen LogP contribution in [0.3, 0.4) is 0 Å². The van der Waals surface area contributed by atoms with Crippen molar-refractivity contribution in [3.63, 3.8) is 0 Å². The molecule has 1 aromatic rings. The van der Waals surface area contributed by atoms with Crippen LogP contribution in [0.1, 0.15) is 56.8 Å². The molecule has 0 unspecified atom stereocenters. The maximum absolute atomic E-state index is 12.9. The van der Waals surface area contributed by atoms with Gasteiger partial charge in [-0.05, 0) is 44.7 Å². The van der Waals surface area contributed by atoms with Gasteiger partial charge in [-0.1, -0.05) is 26.0 Å². The Balaban J connectivity index is 2.09. The highest BCUT2D eigenvalue weighted by Crippen LogP contribution is 2.27. The minimum atomic E-state index is -3.91. The maximum Gasteiger partial charge on any atom is 0.337 e. The van der Waals surface area contributed by atoms with Crippen molar-refractivity contribution in [2.24, 2.45) is 5.92 Å². The van der Waals surface area contributed by atoms with E-state index >= 15 is 0 Å². The molecule has 0 atom stereocenters. The number of rotatable bonds is 7. The quantitative estimate of drug-likeness (QED) is 0.737. The fraction of sp³-hybridized carbons (Fsp3) is 0.579. The molecule has 0 saturated carbocycles. The van der Waals surface area contributed by atoms with Crippen molar-refractivity contribution in [2.75, 3.05) is 13.1 Å². The van der Waals surface area contributed by atoms with E-state index in [4.69, 9.17) is 0 Å². The van der Waals surface area contributed by atoms with Gasteiger partial charge in [0.2, 0.25) is 15.9 Å². The van der Waals surface area contributed by atoms with E-state index in [0.29, 0.717) is 12.8 Å². The van der Waals surface area contributed by atoms with Gasteiger partial charge in [-0.3, -0.25) is 4.79 Å². The third kappa shape index (κ3) is 4.68. The molecule has 1 aliphatic heterocycles. The Morgan fingerprint density at radius 1 is 1.19 bits per heavy atom. The predicted molar refractivity (Wildman–Crippen MR) is 102 cm³/mol. The highest BCUT2D eigenvalue weighted by molar-refractivity contribution is 7.89. The van der Waals surface area contributed by atoms with Gasteiger partial charge in [0, 0.05) is 24.5 Å². The molecule has 1 aromatic carbocycles. The number of carbonyl (C=O) groups excluding carboxylic acids is 1. The van der Waals surface area contributed by atoms with Crippen molar-refractivity contribution >= 4 is 21.9 Å². The number of amides is 1. The molecule has 150 valence electrons. The molecule has 0 aromatic heterocycles. The summed E-state index contributed by atoms with van der Waals surface area (Å²) in [4.78, 5) is 23.7. The van der Waals surface area contributed by atoms with Gasteiger partial charge in [-0.25, -0.2) is 13.2 Å². The fourth-order valence-electron chi connectivity index (χ4n) is 3.19. The van der Waals surface area contributed by atoms with Crippen molar-refractivity contribution in [3.05, 3.63) is 29.8 Å². The zero-order valence-corrected chi connectivity index (χ0v) is 16.9. The van der Waals surface area contributed by atoms with Crippen LogP contribution in [-0.2, 0) is 14.8 Å². The highest BCUT2D eigenvalue weighted by Gasteiger charge is 2.35. The van der Waals surface area contributed by atoms with E-state index in [1.165, 1.54) is 28.6 Å². The molecule has 2 rings (SSSR count). The lowest BCUT2D eigenvalue weighted by Crippen LogP contribution is -2.50. The third-order valence-electron chi connectivity index (χ3n) is 5.55. The summed E-state index contributed by atoms with van der Waals surface area (Å²) in [6, 6.07) is 5.60. The van der Waals surface area contributed by atoms with E-state index in [9.17, 15) is 23.1 Å². The molecule has 0 spiro atoms. The Morgan fingerprint density at radius 2 is 1.74 bits per heavy atom. The molecule has 1 saturated heterocycles. The Kier molecular flexibility index (Phi) is 6.64. The van der Waals surface area contributed by atoms with Gasteiger partial charge in [0.25, 0.3) is 0 Å². The minimum Gasteiger partial charge on any atom is -0.478 e. The number of nitrogens with zero attached hydrogens (tertiary/aromatic N) is 1. The SMILES string of the molecule is CCC(C)(CC)NC(=O)C1CCN(S(=O)(=O)c2ccccc2C(=O)O)CC1. The van der Waals surface area contributed by atoms with Crippen molar-refractivity contribution < 1.29 is 23.1 Å². The zero-order valence-electron chi connectivity index (χ0n) is 16.1. The molecule has 1 amide bonds. The lowest BCUT2D eigenvalue weighted by atomic mass is 9.91. The summed E-state index contributed by atoms with van der Waals surface area (Å²) in [5.74, 6) is -1.55. The van der Waals surface area contributed by atoms with Crippen LogP contribution in [-0.4, -0.2) is 48.3 Å². The number of sulfonamides is 1. The summed E-state index contributed by atoms with van der Waals surface area (Å²) < 4.78 is 27.0. The van der Waals surface area contributed by atoms with Crippen LogP contribution in [0.2, 0.25) is 0 Å². The first-order valence-electron chi connectivity index (χ1n) is 9.29. The molecule has 2 N–H and O–H groups in total. The predicted octanol–water partition coefficient (Wildman–Crippen LogP) is 2.48. The van der Waals surface area contributed by atoms with Gasteiger partial charge >= 0.3 is 5.97 Å². The van der Waals surface area contributed by atoms with E-state index in [1.54, 1.807) is 0 Å². The van der Waals surface area contributed by atoms with Crippen molar-refractivity contribution in [2.45, 2.75) is 56.9 Å². The van der Waals surface area contributed by atoms with E-state index in [2.05, 4.69) is 5.32 Å². The summed E-state index contributed by atoms with van der Waals surface area (Å²) in [7, 11) is -3.91. The average Bonchev–Trinajstić information content (AvgIpc) is 2.67. The second-order valence-electron chi connectivity index (χ2n) is 7.24. The molecule has 0 bridgehead atoms. The summed E-state index contributed by atoms with van der Waals surface area (Å²) in [5, 5.41) is 12.3. The number of aromatic carboxylic acids is 1. The summed E-state index contributed by atoms with van der Waals surface area (Å²) in [5.41, 5.74) is -0.486. The molecule has 0 aliphatic carbocycles. The van der Waals surface area contributed by atoms with Crippen LogP contribution in [0.5, 0.6) is 0 Å². The van der Waals surface area contributed by atoms with Gasteiger partial charge in [0.1, 0.15) is 0 Å². The van der Waals surface area contributed by atoms with E-state index in [-0.39, 0.29) is 40.9 Å². The Bertz CT molecular complexity index is 794. The number of hydrogen-bond acceptors (Lipinski definition) is 4. The molecule has 7 nitrogen and oxygen atoms in total. The average molecular weight is 397 g/mol. The zero-order chi connectivity index (χ0) is 20.2. The monoisotopic (exact) mass is 396 g/mol. The number of carboxylic acids is 1. The van der Waals surface area contributed by atoms with Gasteiger partial charge < -0.3 is 10.4 Å². The largest absolute Gasteiger partial charge is 0.478 e. The van der Waals surface area contributed by atoms with Crippen LogP contribution in [0.15, 0.2) is 29.2 Å². The lowest BCUT2D eigenvalue weighted by molar-refractivity contribution is -0.128. The number of carbonyl (C=O) groups is 2. The van der Waals surface area contributed by atoms with Crippen LogP contribution >= 0.6 is 0 Å². The Morgan fingerprint density at radius 3 is 2.26 bits per heavy atom. The number of piperidine rings is 1. The van der Waals surface area contributed by atoms with E-state index in [0.717, 1.165) is 12.8 Å². The minimum absolute atomic E-state index is 0.0378. The molecule has 1 fully saturated rings. The number of hydrogen-bond donors (Lipinski definition) is 2. The van der Waals surface area contributed by atoms with Crippen LogP contribution in [0.25, 0.3) is 0 Å². The molecular weight excluding hydrogens is 368 g/mol. The standard InChI is InChI=1S/C19H28N2O5S/c1-4-19(3,5-2)20-17(22)14-10-12-21(13-11-14)27(25,26)16-9-7-6-8-15(16)18(23)24/h6-9,14H,4-5,10-13H2,1-3H3,(H,20,22)(H,23,24). The van der Waals surface area contributed by atoms with Gasteiger partial charge in [-0.15, -0.1) is 0 Å². The molecule has 27 heavy (non-hydrogen) atoms. The number of carboxylic acid groups (broad SMARTS) is 1.